The van der Waals surface area contributed by atoms with Gasteiger partial charge in [0.2, 0.25) is 0 Å². The minimum atomic E-state index is -0.842. The van der Waals surface area contributed by atoms with Crippen LogP contribution < -0.4 is 11.1 Å². The molecule has 1 unspecified atom stereocenters. The van der Waals surface area contributed by atoms with E-state index in [4.69, 9.17) is 28.9 Å². The minimum absolute atomic E-state index is 0.0434. The van der Waals surface area contributed by atoms with Crippen molar-refractivity contribution < 1.29 is 32.6 Å². The molecule has 9 nitrogen and oxygen atoms in total. The second-order valence-electron chi connectivity index (χ2n) is 11.7. The van der Waals surface area contributed by atoms with Crippen LogP contribution >= 0.6 is 23.2 Å². The number of benzene rings is 4. The Morgan fingerprint density at radius 3 is 1.84 bits per heavy atom. The number of aldehydes is 1. The lowest BCUT2D eigenvalue weighted by atomic mass is 9.96. The Kier molecular flexibility index (Phi) is 14.3. The topological polar surface area (TPSA) is 147 Å². The number of carbonyl (C=O) groups is 1. The van der Waals surface area contributed by atoms with E-state index in [0.29, 0.717) is 43.8 Å². The van der Waals surface area contributed by atoms with Crippen LogP contribution in [0.15, 0.2) is 140 Å². The molecule has 1 atom stereocenters. The van der Waals surface area contributed by atoms with E-state index in [-0.39, 0.29) is 23.1 Å². The standard InChI is InChI=1S/C21H14ClF2N3O.C9H7NO.C7H5ClO.C5H4F2N2/c22-14-5-1-3-13(9-14)18(27-21-17(24)10-15(23)11-26-21)16-7-6-12-4-2-8-25-19(12)20(16)28;11-8-5-1-3-7-4-2-6-10-9(7)8;8-7-3-1-2-6(4-7)5-9;6-3-1-4(7)5(8)9-2-3/h1-11,18,28H,(H,26,27);1-6,11H;1-5H;1-2H,(H2,8,9). The summed E-state index contributed by atoms with van der Waals surface area (Å²) in [6.07, 6.45) is 5.80. The van der Waals surface area contributed by atoms with E-state index in [9.17, 15) is 32.6 Å². The number of nitrogens with two attached hydrogens (primary N) is 1. The number of hydrogen-bond acceptors (Lipinski definition) is 9. The number of aromatic nitrogens is 4. The van der Waals surface area contributed by atoms with Crippen LogP contribution in [0, 0.1) is 23.3 Å². The SMILES string of the molecule is Nc1ncc(F)cc1F.O=Cc1cccc(Cl)c1.Oc1c(C(Nc2ncc(F)cc2F)c2cccc(Cl)c2)ccc2cccnc12.Oc1cccc2cccnc12. The largest absolute Gasteiger partial charge is 0.506 e. The zero-order valence-electron chi connectivity index (χ0n) is 29.4. The van der Waals surface area contributed by atoms with Crippen molar-refractivity contribution in [1.29, 1.82) is 0 Å². The number of halogens is 6. The van der Waals surface area contributed by atoms with Gasteiger partial charge in [0, 0.05) is 56.5 Å². The van der Waals surface area contributed by atoms with Gasteiger partial charge in [0.15, 0.2) is 23.3 Å². The molecule has 0 saturated carbocycles. The second-order valence-corrected chi connectivity index (χ2v) is 12.6. The number of fused-ring (bicyclic) bond motifs is 2. The third-order valence-corrected chi connectivity index (χ3v) is 8.26. The summed E-state index contributed by atoms with van der Waals surface area (Å²) in [6.45, 7) is 0. The van der Waals surface area contributed by atoms with Crippen molar-refractivity contribution in [2.75, 3.05) is 11.1 Å². The predicted molar refractivity (Wildman–Crippen MR) is 213 cm³/mol. The van der Waals surface area contributed by atoms with E-state index in [1.807, 2.05) is 30.3 Å². The summed E-state index contributed by atoms with van der Waals surface area (Å²) in [5, 5.41) is 25.9. The average molecular weight is 814 g/mol. The molecule has 57 heavy (non-hydrogen) atoms. The van der Waals surface area contributed by atoms with Crippen molar-refractivity contribution in [2.24, 2.45) is 0 Å². The number of nitrogens with zero attached hydrogens (tertiary/aromatic N) is 4. The van der Waals surface area contributed by atoms with Crippen molar-refractivity contribution in [3.8, 4) is 11.5 Å². The van der Waals surface area contributed by atoms with Crippen LogP contribution in [-0.4, -0.2) is 36.4 Å². The number of anilines is 2. The van der Waals surface area contributed by atoms with E-state index >= 15 is 0 Å². The molecule has 4 aromatic heterocycles. The molecule has 5 N–H and O–H groups in total. The van der Waals surface area contributed by atoms with Crippen LogP contribution in [-0.2, 0) is 0 Å². The first-order valence-electron chi connectivity index (χ1n) is 16.6. The molecule has 15 heteroatoms. The lowest BCUT2D eigenvalue weighted by Crippen LogP contribution is -2.15. The Bertz CT molecular complexity index is 2630. The fourth-order valence-corrected chi connectivity index (χ4v) is 5.55. The fraction of sp³-hybridized carbons (Fsp3) is 0.0238. The van der Waals surface area contributed by atoms with Gasteiger partial charge >= 0.3 is 0 Å². The minimum Gasteiger partial charge on any atom is -0.506 e. The number of carbonyl (C=O) groups excluding carboxylic acids is 1. The zero-order valence-corrected chi connectivity index (χ0v) is 30.9. The molecule has 0 bridgehead atoms. The number of aromatic hydroxyl groups is 2. The molecule has 8 aromatic rings. The second kappa shape index (κ2) is 19.7. The van der Waals surface area contributed by atoms with E-state index in [0.717, 1.165) is 35.5 Å². The summed E-state index contributed by atoms with van der Waals surface area (Å²) in [6, 6.07) is 30.7. The van der Waals surface area contributed by atoms with Gasteiger partial charge in [-0.3, -0.25) is 14.8 Å². The number of para-hydroxylation sites is 1. The summed E-state index contributed by atoms with van der Waals surface area (Å²) in [4.78, 5) is 25.4. The van der Waals surface area contributed by atoms with Gasteiger partial charge in [-0.2, -0.15) is 0 Å². The Balaban J connectivity index is 0.000000173. The van der Waals surface area contributed by atoms with Gasteiger partial charge in [-0.1, -0.05) is 83.9 Å². The quantitative estimate of drug-likeness (QED) is 0.0985. The molecule has 288 valence electrons. The summed E-state index contributed by atoms with van der Waals surface area (Å²) in [5.41, 5.74) is 7.76. The van der Waals surface area contributed by atoms with Gasteiger partial charge in [-0.05, 0) is 48.0 Å². The molecule has 4 aromatic carbocycles. The first-order valence-corrected chi connectivity index (χ1v) is 17.4. The number of pyridine rings is 4. The number of nitrogens with one attached hydrogen (secondary N) is 1. The third-order valence-electron chi connectivity index (χ3n) is 7.79. The molecule has 0 spiro atoms. The maximum atomic E-state index is 14.2. The normalized spacial score (nSPS) is 10.8. The van der Waals surface area contributed by atoms with Crippen molar-refractivity contribution in [3.05, 3.63) is 190 Å². The van der Waals surface area contributed by atoms with E-state index < -0.39 is 29.3 Å². The van der Waals surface area contributed by atoms with Gasteiger partial charge in [-0.15, -0.1) is 0 Å². The lowest BCUT2D eigenvalue weighted by molar-refractivity contribution is 0.112. The summed E-state index contributed by atoms with van der Waals surface area (Å²) >= 11 is 11.7. The Hall–Kier alpha value is -6.83. The molecule has 0 fully saturated rings. The molecule has 0 aliphatic rings. The first-order chi connectivity index (χ1) is 27.4. The van der Waals surface area contributed by atoms with Crippen LogP contribution in [0.4, 0.5) is 29.2 Å². The summed E-state index contributed by atoms with van der Waals surface area (Å²) in [5.74, 6) is -3.40. The van der Waals surface area contributed by atoms with Crippen molar-refractivity contribution in [1.82, 2.24) is 19.9 Å². The number of hydrogen-bond donors (Lipinski definition) is 4. The van der Waals surface area contributed by atoms with Crippen molar-refractivity contribution in [3.63, 3.8) is 0 Å². The maximum Gasteiger partial charge on any atom is 0.168 e. The molecule has 8 rings (SSSR count). The van der Waals surface area contributed by atoms with Gasteiger partial charge in [-0.25, -0.2) is 27.5 Å². The van der Waals surface area contributed by atoms with E-state index in [1.54, 1.807) is 85.2 Å². The van der Waals surface area contributed by atoms with E-state index in [2.05, 4.69) is 25.3 Å². The molecule has 0 amide bonds. The molecule has 0 aliphatic heterocycles. The number of phenols is 2. The monoisotopic (exact) mass is 812 g/mol. The Morgan fingerprint density at radius 2 is 1.25 bits per heavy atom. The third kappa shape index (κ3) is 11.4. The highest BCUT2D eigenvalue weighted by molar-refractivity contribution is 6.31. The van der Waals surface area contributed by atoms with Crippen LogP contribution in [0.2, 0.25) is 10.0 Å². The zero-order chi connectivity index (χ0) is 40.9. The summed E-state index contributed by atoms with van der Waals surface area (Å²) in [7, 11) is 0. The molecule has 0 aliphatic carbocycles. The molecular formula is C42H30Cl2F4N6O3. The van der Waals surface area contributed by atoms with Crippen LogP contribution in [0.25, 0.3) is 21.8 Å². The Morgan fingerprint density at radius 1 is 0.649 bits per heavy atom. The highest BCUT2D eigenvalue weighted by atomic mass is 35.5. The van der Waals surface area contributed by atoms with Crippen molar-refractivity contribution in [2.45, 2.75) is 6.04 Å². The smallest absolute Gasteiger partial charge is 0.168 e. The highest BCUT2D eigenvalue weighted by Crippen LogP contribution is 2.37. The fourth-order valence-electron chi connectivity index (χ4n) is 5.16. The predicted octanol–water partition coefficient (Wildman–Crippen LogP) is 10.5. The molecule has 0 saturated heterocycles. The van der Waals surface area contributed by atoms with E-state index in [1.165, 1.54) is 0 Å². The van der Waals surface area contributed by atoms with Gasteiger partial charge in [0.25, 0.3) is 0 Å². The van der Waals surface area contributed by atoms with Crippen LogP contribution in [0.5, 0.6) is 11.5 Å². The highest BCUT2D eigenvalue weighted by Gasteiger charge is 2.22. The Labute approximate surface area is 333 Å². The van der Waals surface area contributed by atoms with Crippen molar-refractivity contribution >= 4 is 62.9 Å². The first kappa shape index (κ1) is 41.3. The number of phenolic OH excluding ortho intramolecular Hbond substituents is 2. The number of nitrogen functional groups attached to an aromatic ring is 1. The van der Waals surface area contributed by atoms with Crippen LogP contribution in [0.3, 0.4) is 0 Å². The average Bonchev–Trinajstić information content (AvgIpc) is 3.21. The number of rotatable bonds is 5. The molecule has 0 radical (unpaired) electrons. The molecular weight excluding hydrogens is 783 g/mol. The lowest BCUT2D eigenvalue weighted by Gasteiger charge is -2.22. The maximum absolute atomic E-state index is 14.2. The van der Waals surface area contributed by atoms with Gasteiger partial charge in [0.05, 0.1) is 18.4 Å². The van der Waals surface area contributed by atoms with Gasteiger partial charge in [0.1, 0.15) is 40.5 Å². The van der Waals surface area contributed by atoms with Gasteiger partial charge < -0.3 is 21.3 Å². The molecule has 4 heterocycles. The summed E-state index contributed by atoms with van der Waals surface area (Å²) < 4.78 is 51.6. The van der Waals surface area contributed by atoms with Crippen LogP contribution in [0.1, 0.15) is 27.5 Å².